The van der Waals surface area contributed by atoms with E-state index in [1.165, 1.54) is 6.07 Å². The van der Waals surface area contributed by atoms with Crippen LogP contribution in [0.25, 0.3) is 11.5 Å². The first kappa shape index (κ1) is 12.9. The number of para-hydroxylation sites is 1. The Hall–Kier alpha value is -2.12. The molecule has 0 amide bonds. The number of morpholine rings is 1. The van der Waals surface area contributed by atoms with Crippen LogP contribution in [0.2, 0.25) is 0 Å². The number of phenolic OH excluding ortho intramolecular Hbond substituents is 2. The molecule has 1 aromatic heterocycles. The third-order valence-electron chi connectivity index (χ3n) is 3.24. The van der Waals surface area contributed by atoms with Crippen LogP contribution in [-0.2, 0) is 4.74 Å². The second-order valence-corrected chi connectivity index (χ2v) is 4.75. The molecular formula is C13H15N3O4. The Balaban J connectivity index is 1.88. The van der Waals surface area contributed by atoms with Gasteiger partial charge in [-0.1, -0.05) is 11.2 Å². The SMILES string of the molecule is CN1CCOC(c2noc(-c3cccc(O)c3O)n2)C1. The molecule has 1 saturated heterocycles. The molecule has 0 aliphatic carbocycles. The minimum absolute atomic E-state index is 0.158. The molecule has 0 bridgehead atoms. The third kappa shape index (κ3) is 2.33. The topological polar surface area (TPSA) is 91.9 Å². The Kier molecular flexibility index (Phi) is 3.29. The molecule has 7 nitrogen and oxygen atoms in total. The molecule has 7 heteroatoms. The molecule has 20 heavy (non-hydrogen) atoms. The van der Waals surface area contributed by atoms with Crippen molar-refractivity contribution in [3.05, 3.63) is 24.0 Å². The van der Waals surface area contributed by atoms with Crippen molar-refractivity contribution in [2.45, 2.75) is 6.10 Å². The number of ether oxygens (including phenoxy) is 1. The third-order valence-corrected chi connectivity index (χ3v) is 3.24. The van der Waals surface area contributed by atoms with Gasteiger partial charge in [-0.15, -0.1) is 0 Å². The summed E-state index contributed by atoms with van der Waals surface area (Å²) in [5, 5.41) is 23.2. The summed E-state index contributed by atoms with van der Waals surface area (Å²) in [7, 11) is 2.00. The normalized spacial score (nSPS) is 20.1. The molecule has 2 heterocycles. The van der Waals surface area contributed by atoms with Crippen molar-refractivity contribution in [2.75, 3.05) is 26.7 Å². The van der Waals surface area contributed by atoms with Gasteiger partial charge >= 0.3 is 0 Å². The molecule has 1 aliphatic rings. The van der Waals surface area contributed by atoms with Crippen LogP contribution in [0, 0.1) is 0 Å². The van der Waals surface area contributed by atoms with Crippen LogP contribution in [0.3, 0.4) is 0 Å². The van der Waals surface area contributed by atoms with Gasteiger partial charge < -0.3 is 24.4 Å². The number of hydrogen-bond donors (Lipinski definition) is 2. The maximum absolute atomic E-state index is 9.80. The highest BCUT2D eigenvalue weighted by Crippen LogP contribution is 2.35. The molecule has 2 aromatic rings. The summed E-state index contributed by atoms with van der Waals surface area (Å²) in [6, 6.07) is 4.58. The lowest BCUT2D eigenvalue weighted by molar-refractivity contribution is -0.0264. The zero-order chi connectivity index (χ0) is 14.1. The molecule has 0 radical (unpaired) electrons. The van der Waals surface area contributed by atoms with E-state index in [0.717, 1.165) is 6.54 Å². The molecule has 1 aromatic carbocycles. The van der Waals surface area contributed by atoms with E-state index < -0.39 is 0 Å². The fraction of sp³-hybridized carbons (Fsp3) is 0.385. The lowest BCUT2D eigenvalue weighted by Gasteiger charge is -2.27. The van der Waals surface area contributed by atoms with E-state index >= 15 is 0 Å². The highest BCUT2D eigenvalue weighted by atomic mass is 16.5. The molecule has 1 fully saturated rings. The van der Waals surface area contributed by atoms with E-state index in [2.05, 4.69) is 15.0 Å². The Morgan fingerprint density at radius 1 is 1.35 bits per heavy atom. The van der Waals surface area contributed by atoms with Crippen molar-refractivity contribution >= 4 is 0 Å². The van der Waals surface area contributed by atoms with Crippen molar-refractivity contribution in [3.8, 4) is 23.0 Å². The first-order chi connectivity index (χ1) is 9.65. The molecular weight excluding hydrogens is 262 g/mol. The van der Waals surface area contributed by atoms with Crippen molar-refractivity contribution in [2.24, 2.45) is 0 Å². The van der Waals surface area contributed by atoms with E-state index in [4.69, 9.17) is 9.26 Å². The first-order valence-electron chi connectivity index (χ1n) is 6.30. The molecule has 106 valence electrons. The summed E-state index contributed by atoms with van der Waals surface area (Å²) < 4.78 is 10.7. The number of benzene rings is 1. The smallest absolute Gasteiger partial charge is 0.261 e. The summed E-state index contributed by atoms with van der Waals surface area (Å²) in [6.45, 7) is 2.17. The van der Waals surface area contributed by atoms with Gasteiger partial charge in [-0.2, -0.15) is 4.98 Å². The van der Waals surface area contributed by atoms with E-state index in [0.29, 0.717) is 24.5 Å². The van der Waals surface area contributed by atoms with Gasteiger partial charge in [0.05, 0.1) is 12.2 Å². The maximum atomic E-state index is 9.80. The quantitative estimate of drug-likeness (QED) is 0.795. The second-order valence-electron chi connectivity index (χ2n) is 4.75. The maximum Gasteiger partial charge on any atom is 0.261 e. The van der Waals surface area contributed by atoms with Gasteiger partial charge in [-0.05, 0) is 19.2 Å². The average molecular weight is 277 g/mol. The van der Waals surface area contributed by atoms with Crippen molar-refractivity contribution in [1.29, 1.82) is 0 Å². The Bertz CT molecular complexity index is 613. The molecule has 1 aliphatic heterocycles. The van der Waals surface area contributed by atoms with E-state index in [9.17, 15) is 10.2 Å². The number of aromatic hydroxyl groups is 2. The van der Waals surface area contributed by atoms with Crippen LogP contribution in [0.5, 0.6) is 11.5 Å². The average Bonchev–Trinajstić information content (AvgIpc) is 2.91. The van der Waals surface area contributed by atoms with Crippen LogP contribution in [0.1, 0.15) is 11.9 Å². The summed E-state index contributed by atoms with van der Waals surface area (Å²) in [5.41, 5.74) is 0.299. The van der Waals surface area contributed by atoms with E-state index in [1.807, 2.05) is 7.05 Å². The summed E-state index contributed by atoms with van der Waals surface area (Å²) in [6.07, 6.45) is -0.245. The van der Waals surface area contributed by atoms with Crippen molar-refractivity contribution < 1.29 is 19.5 Å². The van der Waals surface area contributed by atoms with E-state index in [-0.39, 0.29) is 23.5 Å². The number of likely N-dealkylation sites (N-methyl/N-ethyl adjacent to an activating group) is 1. The van der Waals surface area contributed by atoms with Gasteiger partial charge in [-0.3, -0.25) is 0 Å². The Morgan fingerprint density at radius 2 is 2.20 bits per heavy atom. The number of rotatable bonds is 2. The van der Waals surface area contributed by atoms with Gasteiger partial charge in [0, 0.05) is 13.1 Å². The zero-order valence-electron chi connectivity index (χ0n) is 11.0. The van der Waals surface area contributed by atoms with Gasteiger partial charge in [0.15, 0.2) is 11.5 Å². The zero-order valence-corrected chi connectivity index (χ0v) is 11.0. The molecule has 1 unspecified atom stereocenters. The van der Waals surface area contributed by atoms with E-state index in [1.54, 1.807) is 12.1 Å². The minimum atomic E-state index is -0.274. The van der Waals surface area contributed by atoms with Crippen molar-refractivity contribution in [3.63, 3.8) is 0 Å². The van der Waals surface area contributed by atoms with Crippen LogP contribution in [0.15, 0.2) is 22.7 Å². The van der Waals surface area contributed by atoms with Crippen LogP contribution >= 0.6 is 0 Å². The van der Waals surface area contributed by atoms with Gasteiger partial charge in [0.25, 0.3) is 5.89 Å². The standard InChI is InChI=1S/C13H15N3O4/c1-16-5-6-19-10(7-16)12-14-13(20-15-12)8-3-2-4-9(17)11(8)18/h2-4,10,17-18H,5-7H2,1H3. The largest absolute Gasteiger partial charge is 0.504 e. The lowest BCUT2D eigenvalue weighted by Crippen LogP contribution is -2.35. The number of nitrogens with zero attached hydrogens (tertiary/aromatic N) is 3. The fourth-order valence-corrected chi connectivity index (χ4v) is 2.11. The highest BCUT2D eigenvalue weighted by molar-refractivity contribution is 5.66. The predicted molar refractivity (Wildman–Crippen MR) is 69.3 cm³/mol. The summed E-state index contributed by atoms with van der Waals surface area (Å²) in [4.78, 5) is 6.36. The first-order valence-corrected chi connectivity index (χ1v) is 6.30. The molecule has 0 spiro atoms. The van der Waals surface area contributed by atoms with Gasteiger partial charge in [-0.25, -0.2) is 0 Å². The molecule has 2 N–H and O–H groups in total. The molecule has 3 rings (SSSR count). The summed E-state index contributed by atoms with van der Waals surface area (Å²) >= 11 is 0. The minimum Gasteiger partial charge on any atom is -0.504 e. The Morgan fingerprint density at radius 3 is 3.00 bits per heavy atom. The van der Waals surface area contributed by atoms with Crippen LogP contribution in [-0.4, -0.2) is 52.0 Å². The van der Waals surface area contributed by atoms with Crippen LogP contribution in [0.4, 0.5) is 0 Å². The lowest BCUT2D eigenvalue weighted by atomic mass is 10.2. The predicted octanol–water partition coefficient (Wildman–Crippen LogP) is 1.15. The molecule has 0 saturated carbocycles. The molecule has 1 atom stereocenters. The van der Waals surface area contributed by atoms with Gasteiger partial charge in [0.1, 0.15) is 6.10 Å². The fourth-order valence-electron chi connectivity index (χ4n) is 2.11. The Labute approximate surface area is 115 Å². The number of phenols is 2. The van der Waals surface area contributed by atoms with Crippen LogP contribution < -0.4 is 0 Å². The second kappa shape index (κ2) is 5.10. The number of hydrogen-bond acceptors (Lipinski definition) is 7. The van der Waals surface area contributed by atoms with Gasteiger partial charge in [0.2, 0.25) is 5.82 Å². The highest BCUT2D eigenvalue weighted by Gasteiger charge is 2.25. The van der Waals surface area contributed by atoms with Crippen molar-refractivity contribution in [1.82, 2.24) is 15.0 Å². The summed E-state index contributed by atoms with van der Waals surface area (Å²) in [5.74, 6) is 0.0970. The monoisotopic (exact) mass is 277 g/mol. The number of aromatic nitrogens is 2.